The topological polar surface area (TPSA) is 79.0 Å². The zero-order valence-corrected chi connectivity index (χ0v) is 18.9. The number of rotatable bonds is 6. The predicted molar refractivity (Wildman–Crippen MR) is 120 cm³/mol. The summed E-state index contributed by atoms with van der Waals surface area (Å²) in [5.74, 6) is 0.350. The summed E-state index contributed by atoms with van der Waals surface area (Å²) in [5.41, 5.74) is 1.65. The van der Waals surface area contributed by atoms with Gasteiger partial charge in [0, 0.05) is 37.6 Å². The van der Waals surface area contributed by atoms with Crippen LogP contribution in [-0.2, 0) is 16.3 Å². The molecule has 7 nitrogen and oxygen atoms in total. The molecule has 1 unspecified atom stereocenters. The van der Waals surface area contributed by atoms with E-state index >= 15 is 0 Å². The highest BCUT2D eigenvalue weighted by Gasteiger charge is 2.29. The normalized spacial score (nSPS) is 18.9. The van der Waals surface area contributed by atoms with Gasteiger partial charge in [-0.2, -0.15) is 0 Å². The number of fused-ring (bicyclic) bond motifs is 1. The first-order valence-corrected chi connectivity index (χ1v) is 12.7. The molecule has 2 aliphatic heterocycles. The Bertz CT molecular complexity index is 1080. The molecule has 9 heteroatoms. The van der Waals surface area contributed by atoms with Gasteiger partial charge in [-0.3, -0.25) is 9.80 Å². The Morgan fingerprint density at radius 3 is 2.72 bits per heavy atom. The van der Waals surface area contributed by atoms with Crippen molar-refractivity contribution in [1.29, 1.82) is 0 Å². The second-order valence-corrected chi connectivity index (χ2v) is 10.4. The Morgan fingerprint density at radius 1 is 1.19 bits per heavy atom. The Morgan fingerprint density at radius 2 is 1.97 bits per heavy atom. The van der Waals surface area contributed by atoms with Crippen LogP contribution in [0.15, 0.2) is 47.4 Å². The van der Waals surface area contributed by atoms with E-state index in [2.05, 4.69) is 10.2 Å². The van der Waals surface area contributed by atoms with Gasteiger partial charge in [-0.1, -0.05) is 0 Å². The largest absolute Gasteiger partial charge is 0.492 e. The molecule has 1 fully saturated rings. The predicted octanol–water partition coefficient (Wildman–Crippen LogP) is 2.84. The van der Waals surface area contributed by atoms with Crippen molar-refractivity contribution < 1.29 is 22.3 Å². The maximum Gasteiger partial charge on any atom is 0.322 e. The first-order valence-electron chi connectivity index (χ1n) is 10.8. The average molecular weight is 462 g/mol. The lowest BCUT2D eigenvalue weighted by Crippen LogP contribution is -2.52. The second kappa shape index (κ2) is 9.46. The van der Waals surface area contributed by atoms with Crippen LogP contribution in [0.3, 0.4) is 0 Å². The van der Waals surface area contributed by atoms with Crippen LogP contribution in [0.2, 0.25) is 0 Å². The minimum Gasteiger partial charge on any atom is -0.492 e. The van der Waals surface area contributed by atoms with Crippen LogP contribution in [0.4, 0.5) is 14.9 Å². The number of nitrogens with one attached hydrogen (secondary N) is 1. The van der Waals surface area contributed by atoms with Crippen molar-refractivity contribution in [2.24, 2.45) is 0 Å². The van der Waals surface area contributed by atoms with E-state index < -0.39 is 9.84 Å². The summed E-state index contributed by atoms with van der Waals surface area (Å²) in [6, 6.07) is 10.8. The van der Waals surface area contributed by atoms with Crippen LogP contribution in [0.1, 0.15) is 18.4 Å². The van der Waals surface area contributed by atoms with Crippen LogP contribution in [0.25, 0.3) is 0 Å². The first kappa shape index (κ1) is 22.5. The summed E-state index contributed by atoms with van der Waals surface area (Å²) in [4.78, 5) is 17.1. The van der Waals surface area contributed by atoms with Gasteiger partial charge < -0.3 is 10.1 Å². The molecule has 1 N–H and O–H groups in total. The molecular weight excluding hydrogens is 433 g/mol. The SMILES string of the molecule is CS(=O)(=O)c1ccc2c(c1)CCN2C(=O)NC1CCCN(CCOc2ccc(F)cc2)C1. The fourth-order valence-corrected chi connectivity index (χ4v) is 4.94. The summed E-state index contributed by atoms with van der Waals surface area (Å²) < 4.78 is 42.2. The molecule has 2 heterocycles. The first-order chi connectivity index (χ1) is 15.3. The molecule has 0 bridgehead atoms. The smallest absolute Gasteiger partial charge is 0.322 e. The fraction of sp³-hybridized carbons (Fsp3) is 0.435. The third-order valence-corrected chi connectivity index (χ3v) is 7.05. The number of benzene rings is 2. The number of amides is 2. The number of likely N-dealkylation sites (tertiary alicyclic amines) is 1. The number of carbonyl (C=O) groups is 1. The number of piperidine rings is 1. The van der Waals surface area contributed by atoms with Crippen molar-refractivity contribution in [1.82, 2.24) is 10.2 Å². The number of ether oxygens (including phenoxy) is 1. The molecule has 0 aromatic heterocycles. The fourth-order valence-electron chi connectivity index (χ4n) is 4.27. The number of anilines is 1. The van der Waals surface area contributed by atoms with Crippen molar-refractivity contribution in [3.8, 4) is 5.75 Å². The second-order valence-electron chi connectivity index (χ2n) is 8.36. The van der Waals surface area contributed by atoms with Crippen molar-refractivity contribution >= 4 is 21.6 Å². The summed E-state index contributed by atoms with van der Waals surface area (Å²) >= 11 is 0. The number of sulfone groups is 1. The van der Waals surface area contributed by atoms with Gasteiger partial charge in [0.25, 0.3) is 0 Å². The van der Waals surface area contributed by atoms with E-state index in [0.717, 1.165) is 43.7 Å². The van der Waals surface area contributed by atoms with Gasteiger partial charge in [-0.25, -0.2) is 17.6 Å². The van der Waals surface area contributed by atoms with Gasteiger partial charge in [0.2, 0.25) is 0 Å². The Labute approximate surface area is 188 Å². The molecule has 4 rings (SSSR count). The van der Waals surface area contributed by atoms with Crippen LogP contribution in [0.5, 0.6) is 5.75 Å². The van der Waals surface area contributed by atoms with E-state index in [1.807, 2.05) is 0 Å². The molecule has 0 radical (unpaired) electrons. The van der Waals surface area contributed by atoms with Gasteiger partial charge in [-0.05, 0) is 73.8 Å². The zero-order chi connectivity index (χ0) is 22.7. The molecule has 0 saturated carbocycles. The number of halogens is 1. The monoisotopic (exact) mass is 461 g/mol. The molecule has 1 saturated heterocycles. The molecule has 1 atom stereocenters. The lowest BCUT2D eigenvalue weighted by molar-refractivity contribution is 0.160. The van der Waals surface area contributed by atoms with Crippen LogP contribution >= 0.6 is 0 Å². The minimum absolute atomic E-state index is 0.0430. The van der Waals surface area contributed by atoms with Crippen LogP contribution in [-0.4, -0.2) is 64.4 Å². The van der Waals surface area contributed by atoms with Gasteiger partial charge in [0.15, 0.2) is 9.84 Å². The Balaban J connectivity index is 1.29. The molecule has 0 aliphatic carbocycles. The zero-order valence-electron chi connectivity index (χ0n) is 18.1. The highest BCUT2D eigenvalue weighted by molar-refractivity contribution is 7.90. The highest BCUT2D eigenvalue weighted by Crippen LogP contribution is 2.30. The van der Waals surface area contributed by atoms with E-state index in [1.165, 1.54) is 18.4 Å². The van der Waals surface area contributed by atoms with E-state index in [4.69, 9.17) is 4.74 Å². The van der Waals surface area contributed by atoms with Crippen LogP contribution < -0.4 is 15.0 Å². The maximum absolute atomic E-state index is 13.0. The summed E-state index contributed by atoms with van der Waals surface area (Å²) in [6.07, 6.45) is 3.72. The number of carbonyl (C=O) groups excluding carboxylic acids is 1. The molecule has 32 heavy (non-hydrogen) atoms. The maximum atomic E-state index is 13.0. The third-order valence-electron chi connectivity index (χ3n) is 5.94. The third kappa shape index (κ3) is 5.39. The van der Waals surface area contributed by atoms with Gasteiger partial charge in [-0.15, -0.1) is 0 Å². The van der Waals surface area contributed by atoms with Crippen LogP contribution in [0, 0.1) is 5.82 Å². The van der Waals surface area contributed by atoms with Crippen molar-refractivity contribution in [3.05, 3.63) is 53.8 Å². The standard InChI is InChI=1S/C23H28FN3O4S/c1-32(29,30)21-8-9-22-17(15-21)10-12-27(22)23(28)25-19-3-2-11-26(16-19)13-14-31-20-6-4-18(24)5-7-20/h4-9,15,19H,2-3,10-14,16H2,1H3,(H,25,28). The van der Waals surface area contributed by atoms with Gasteiger partial charge >= 0.3 is 6.03 Å². The lowest BCUT2D eigenvalue weighted by atomic mass is 10.1. The molecule has 2 aromatic rings. The lowest BCUT2D eigenvalue weighted by Gasteiger charge is -2.34. The highest BCUT2D eigenvalue weighted by atomic mass is 32.2. The average Bonchev–Trinajstić information content (AvgIpc) is 3.18. The molecular formula is C23H28FN3O4S. The summed E-state index contributed by atoms with van der Waals surface area (Å²) in [7, 11) is -3.27. The molecule has 2 amide bonds. The number of hydrogen-bond donors (Lipinski definition) is 1. The molecule has 2 aliphatic rings. The quantitative estimate of drug-likeness (QED) is 0.716. The van der Waals surface area contributed by atoms with Crippen molar-refractivity contribution in [2.45, 2.75) is 30.2 Å². The van der Waals surface area contributed by atoms with E-state index in [9.17, 15) is 17.6 Å². The number of hydrogen-bond acceptors (Lipinski definition) is 5. The molecule has 2 aromatic carbocycles. The van der Waals surface area contributed by atoms with Crippen molar-refractivity contribution in [3.63, 3.8) is 0 Å². The molecule has 172 valence electrons. The van der Waals surface area contributed by atoms with E-state index in [1.54, 1.807) is 35.2 Å². The number of nitrogens with zero attached hydrogens (tertiary/aromatic N) is 2. The van der Waals surface area contributed by atoms with E-state index in [-0.39, 0.29) is 22.8 Å². The van der Waals surface area contributed by atoms with Crippen molar-refractivity contribution in [2.75, 3.05) is 43.9 Å². The Hall–Kier alpha value is -2.65. The van der Waals surface area contributed by atoms with Gasteiger partial charge in [0.05, 0.1) is 4.90 Å². The Kier molecular flexibility index (Phi) is 6.66. The molecule has 0 spiro atoms. The van der Waals surface area contributed by atoms with E-state index in [0.29, 0.717) is 25.3 Å². The summed E-state index contributed by atoms with van der Waals surface area (Å²) in [6.45, 7) is 3.45. The van der Waals surface area contributed by atoms with Gasteiger partial charge in [0.1, 0.15) is 18.2 Å². The number of urea groups is 1. The summed E-state index contributed by atoms with van der Waals surface area (Å²) in [5, 5.41) is 3.14. The minimum atomic E-state index is -3.27.